The number of nitrogens with one attached hydrogen (secondary N) is 2. The van der Waals surface area contributed by atoms with E-state index < -0.39 is 0 Å². The Kier molecular flexibility index (Phi) is 5.74. The van der Waals surface area contributed by atoms with E-state index in [0.717, 1.165) is 16.5 Å². The van der Waals surface area contributed by atoms with Crippen LogP contribution in [0.1, 0.15) is 15.9 Å². The monoisotopic (exact) mass is 357 g/mol. The number of rotatable bonds is 6. The van der Waals surface area contributed by atoms with Crippen LogP contribution >= 0.6 is 0 Å². The van der Waals surface area contributed by atoms with Crippen LogP contribution < -0.4 is 10.6 Å². The summed E-state index contributed by atoms with van der Waals surface area (Å²) in [6.07, 6.45) is 6.46. The van der Waals surface area contributed by atoms with Gasteiger partial charge in [0.05, 0.1) is 16.8 Å². The molecule has 0 unspecified atom stereocenters. The second-order valence-corrected chi connectivity index (χ2v) is 5.79. The summed E-state index contributed by atoms with van der Waals surface area (Å²) in [4.78, 5) is 28.9. The first-order valence-corrected chi connectivity index (χ1v) is 8.50. The average molecular weight is 357 g/mol. The molecule has 134 valence electrons. The number of pyridine rings is 1. The molecule has 5 nitrogen and oxygen atoms in total. The zero-order chi connectivity index (χ0) is 19.1. The molecule has 0 radical (unpaired) electrons. The predicted octanol–water partition coefficient (Wildman–Crippen LogP) is 3.80. The van der Waals surface area contributed by atoms with Crippen molar-refractivity contribution in [2.45, 2.75) is 0 Å². The molecule has 0 aliphatic carbocycles. The minimum atomic E-state index is -0.327. The van der Waals surface area contributed by atoms with Crippen LogP contribution in [0.3, 0.4) is 0 Å². The van der Waals surface area contributed by atoms with E-state index in [0.29, 0.717) is 17.8 Å². The quantitative estimate of drug-likeness (QED) is 0.521. The molecule has 0 aliphatic heterocycles. The lowest BCUT2D eigenvalue weighted by Gasteiger charge is -2.09. The molecule has 3 aromatic rings. The molecular weight excluding hydrogens is 338 g/mol. The van der Waals surface area contributed by atoms with Gasteiger partial charge in [-0.1, -0.05) is 42.5 Å². The Morgan fingerprint density at radius 3 is 2.70 bits per heavy atom. The molecule has 0 aliphatic rings. The van der Waals surface area contributed by atoms with Gasteiger partial charge < -0.3 is 10.6 Å². The fraction of sp³-hybridized carbons (Fsp3) is 0.0455. The molecule has 2 aromatic carbocycles. The average Bonchev–Trinajstić information content (AvgIpc) is 2.71. The van der Waals surface area contributed by atoms with E-state index in [1.54, 1.807) is 42.6 Å². The summed E-state index contributed by atoms with van der Waals surface area (Å²) >= 11 is 0. The predicted molar refractivity (Wildman–Crippen MR) is 108 cm³/mol. The summed E-state index contributed by atoms with van der Waals surface area (Å²) in [6, 6.07) is 16.5. The number of carbonyl (C=O) groups excluding carboxylic acids is 2. The van der Waals surface area contributed by atoms with Crippen molar-refractivity contribution in [1.29, 1.82) is 0 Å². The molecule has 1 aromatic heterocycles. The second-order valence-electron chi connectivity index (χ2n) is 5.79. The number of nitrogens with zero attached hydrogens (tertiary/aromatic N) is 1. The van der Waals surface area contributed by atoms with Gasteiger partial charge in [-0.05, 0) is 24.3 Å². The molecule has 2 amide bonds. The zero-order valence-electron chi connectivity index (χ0n) is 14.7. The molecule has 5 heteroatoms. The van der Waals surface area contributed by atoms with Gasteiger partial charge in [-0.25, -0.2) is 0 Å². The summed E-state index contributed by atoms with van der Waals surface area (Å²) in [5, 5.41) is 6.46. The Morgan fingerprint density at radius 2 is 1.85 bits per heavy atom. The minimum Gasteiger partial charge on any atom is -0.349 e. The van der Waals surface area contributed by atoms with Crippen molar-refractivity contribution in [3.05, 3.63) is 90.7 Å². The Bertz CT molecular complexity index is 1020. The summed E-state index contributed by atoms with van der Waals surface area (Å²) < 4.78 is 0. The van der Waals surface area contributed by atoms with E-state index in [1.807, 2.05) is 30.3 Å². The first-order chi connectivity index (χ1) is 13.2. The Morgan fingerprint density at radius 1 is 1.04 bits per heavy atom. The van der Waals surface area contributed by atoms with Gasteiger partial charge in [-0.3, -0.25) is 14.6 Å². The largest absolute Gasteiger partial charge is 0.349 e. The number of hydrogen-bond acceptors (Lipinski definition) is 3. The van der Waals surface area contributed by atoms with E-state index in [1.165, 1.54) is 6.08 Å². The molecule has 3 rings (SSSR count). The first kappa shape index (κ1) is 18.1. The summed E-state index contributed by atoms with van der Waals surface area (Å²) in [6.45, 7) is 3.93. The fourth-order valence-corrected chi connectivity index (χ4v) is 2.65. The number of carbonyl (C=O) groups is 2. The van der Waals surface area contributed by atoms with Gasteiger partial charge in [-0.2, -0.15) is 0 Å². The maximum Gasteiger partial charge on any atom is 0.253 e. The van der Waals surface area contributed by atoms with E-state index in [9.17, 15) is 9.59 Å². The first-order valence-electron chi connectivity index (χ1n) is 8.50. The van der Waals surface area contributed by atoms with Crippen molar-refractivity contribution < 1.29 is 9.59 Å². The highest BCUT2D eigenvalue weighted by molar-refractivity contribution is 6.08. The van der Waals surface area contributed by atoms with Gasteiger partial charge in [0.2, 0.25) is 5.91 Å². The third-order valence-electron chi connectivity index (χ3n) is 3.91. The summed E-state index contributed by atoms with van der Waals surface area (Å²) in [5.74, 6) is -0.597. The van der Waals surface area contributed by atoms with Crippen molar-refractivity contribution >= 4 is 34.5 Å². The van der Waals surface area contributed by atoms with Crippen LogP contribution in [0.15, 0.2) is 79.5 Å². The molecule has 2 N–H and O–H groups in total. The number of benzene rings is 2. The van der Waals surface area contributed by atoms with Gasteiger partial charge in [0.15, 0.2) is 0 Å². The minimum absolute atomic E-state index is 0.270. The normalized spacial score (nSPS) is 10.7. The number of para-hydroxylation sites is 2. The third kappa shape index (κ3) is 4.46. The van der Waals surface area contributed by atoms with Crippen LogP contribution in [0.2, 0.25) is 0 Å². The SMILES string of the molecule is C=CCNC(=O)c1ccccc1NC(=O)/C=C/c1cccc2cccnc12. The van der Waals surface area contributed by atoms with Gasteiger partial charge >= 0.3 is 0 Å². The molecule has 0 saturated carbocycles. The van der Waals surface area contributed by atoms with Gasteiger partial charge in [0.1, 0.15) is 0 Å². The lowest BCUT2D eigenvalue weighted by atomic mass is 10.1. The van der Waals surface area contributed by atoms with Crippen LogP contribution in [0.25, 0.3) is 17.0 Å². The lowest BCUT2D eigenvalue weighted by Crippen LogP contribution is -2.24. The van der Waals surface area contributed by atoms with E-state index >= 15 is 0 Å². The zero-order valence-corrected chi connectivity index (χ0v) is 14.7. The van der Waals surface area contributed by atoms with Gasteiger partial charge in [0.25, 0.3) is 5.91 Å². The van der Waals surface area contributed by atoms with Crippen molar-refractivity contribution in [2.75, 3.05) is 11.9 Å². The highest BCUT2D eigenvalue weighted by Gasteiger charge is 2.11. The molecular formula is C22H19N3O2. The third-order valence-corrected chi connectivity index (χ3v) is 3.91. The number of fused-ring (bicyclic) bond motifs is 1. The molecule has 0 spiro atoms. The molecule has 27 heavy (non-hydrogen) atoms. The highest BCUT2D eigenvalue weighted by Crippen LogP contribution is 2.18. The number of anilines is 1. The van der Waals surface area contributed by atoms with E-state index in [2.05, 4.69) is 22.2 Å². The van der Waals surface area contributed by atoms with Crippen LogP contribution in [-0.2, 0) is 4.79 Å². The molecule has 0 bridgehead atoms. The topological polar surface area (TPSA) is 71.1 Å². The van der Waals surface area contributed by atoms with Crippen LogP contribution in [0.4, 0.5) is 5.69 Å². The van der Waals surface area contributed by atoms with Crippen molar-refractivity contribution in [1.82, 2.24) is 10.3 Å². The van der Waals surface area contributed by atoms with Gasteiger partial charge in [-0.15, -0.1) is 6.58 Å². The lowest BCUT2D eigenvalue weighted by molar-refractivity contribution is -0.111. The van der Waals surface area contributed by atoms with Crippen molar-refractivity contribution in [3.63, 3.8) is 0 Å². The molecule has 0 saturated heterocycles. The summed E-state index contributed by atoms with van der Waals surface area (Å²) in [7, 11) is 0. The number of aromatic nitrogens is 1. The standard InChI is InChI=1S/C22H19N3O2/c1-2-14-24-22(27)18-10-3-4-11-19(18)25-20(26)13-12-17-8-5-7-16-9-6-15-23-21(16)17/h2-13,15H,1,14H2,(H,24,27)(H,25,26)/b13-12+. The van der Waals surface area contributed by atoms with Crippen molar-refractivity contribution in [2.24, 2.45) is 0 Å². The number of amides is 2. The van der Waals surface area contributed by atoms with E-state index in [-0.39, 0.29) is 11.8 Å². The highest BCUT2D eigenvalue weighted by atomic mass is 16.2. The summed E-state index contributed by atoms with van der Waals surface area (Å²) in [5.41, 5.74) is 2.52. The second kappa shape index (κ2) is 8.58. The molecule has 0 atom stereocenters. The van der Waals surface area contributed by atoms with Crippen LogP contribution in [-0.4, -0.2) is 23.3 Å². The Hall–Kier alpha value is -3.73. The van der Waals surface area contributed by atoms with Gasteiger partial charge in [0, 0.05) is 29.8 Å². The molecule has 1 heterocycles. The Balaban J connectivity index is 1.77. The Labute approximate surface area is 157 Å². The van der Waals surface area contributed by atoms with Crippen LogP contribution in [0.5, 0.6) is 0 Å². The smallest absolute Gasteiger partial charge is 0.253 e. The van der Waals surface area contributed by atoms with E-state index in [4.69, 9.17) is 0 Å². The number of hydrogen-bond donors (Lipinski definition) is 2. The van der Waals surface area contributed by atoms with Crippen molar-refractivity contribution in [3.8, 4) is 0 Å². The molecule has 0 fully saturated rings. The maximum atomic E-state index is 12.3. The fourth-order valence-electron chi connectivity index (χ4n) is 2.65. The maximum absolute atomic E-state index is 12.3. The van der Waals surface area contributed by atoms with Crippen LogP contribution in [0, 0.1) is 0 Å².